The maximum absolute atomic E-state index is 5.88. The van der Waals surface area contributed by atoms with Crippen molar-refractivity contribution in [3.8, 4) is 11.5 Å². The first kappa shape index (κ1) is 15.8. The van der Waals surface area contributed by atoms with Crippen molar-refractivity contribution < 1.29 is 4.74 Å². The summed E-state index contributed by atoms with van der Waals surface area (Å²) in [6.07, 6.45) is 1.48. The number of para-hydroxylation sites is 1. The Morgan fingerprint density at radius 2 is 1.73 bits per heavy atom. The molecule has 0 spiro atoms. The fourth-order valence-electron chi connectivity index (χ4n) is 2.63. The van der Waals surface area contributed by atoms with Gasteiger partial charge in [-0.2, -0.15) is 0 Å². The number of rotatable bonds is 5. The highest BCUT2D eigenvalue weighted by Gasteiger charge is 2.05. The number of hydrogen-bond donors (Lipinski definition) is 2. The molecular weight excluding hydrogens is 326 g/mol. The molecule has 0 aliphatic heterocycles. The minimum absolute atomic E-state index is 0.438. The Bertz CT molecular complexity index is 1040. The molecule has 128 valence electrons. The lowest BCUT2D eigenvalue weighted by molar-refractivity contribution is 0.482. The molecule has 3 N–H and O–H groups in total. The predicted octanol–water partition coefficient (Wildman–Crippen LogP) is 4.01. The van der Waals surface area contributed by atoms with Crippen molar-refractivity contribution in [3.63, 3.8) is 0 Å². The summed E-state index contributed by atoms with van der Waals surface area (Å²) in [7, 11) is 0. The van der Waals surface area contributed by atoms with Gasteiger partial charge < -0.3 is 15.8 Å². The van der Waals surface area contributed by atoms with Crippen LogP contribution in [-0.2, 0) is 6.54 Å². The van der Waals surface area contributed by atoms with Gasteiger partial charge in [-0.1, -0.05) is 30.3 Å². The lowest BCUT2D eigenvalue weighted by atomic mass is 10.2. The van der Waals surface area contributed by atoms with E-state index in [4.69, 9.17) is 10.5 Å². The second-order valence-corrected chi connectivity index (χ2v) is 5.75. The molecule has 0 saturated heterocycles. The Morgan fingerprint density at radius 3 is 2.62 bits per heavy atom. The summed E-state index contributed by atoms with van der Waals surface area (Å²) >= 11 is 0. The first-order chi connectivity index (χ1) is 12.8. The van der Waals surface area contributed by atoms with Crippen LogP contribution < -0.4 is 15.8 Å². The van der Waals surface area contributed by atoms with Crippen molar-refractivity contribution in [1.29, 1.82) is 0 Å². The van der Waals surface area contributed by atoms with Crippen LogP contribution in [0.2, 0.25) is 0 Å². The van der Waals surface area contributed by atoms with Gasteiger partial charge >= 0.3 is 0 Å². The van der Waals surface area contributed by atoms with Crippen LogP contribution in [0.3, 0.4) is 0 Å². The molecule has 26 heavy (non-hydrogen) atoms. The summed E-state index contributed by atoms with van der Waals surface area (Å²) < 4.78 is 5.88. The number of fused-ring (bicyclic) bond motifs is 1. The van der Waals surface area contributed by atoms with Crippen LogP contribution in [0.25, 0.3) is 11.0 Å². The molecule has 2 aromatic carbocycles. The molecule has 0 radical (unpaired) electrons. The third kappa shape index (κ3) is 3.54. The highest BCUT2D eigenvalue weighted by atomic mass is 16.5. The SMILES string of the molecule is Nc1ccc2c(NCc3cccc(Oc4ccccc4)c3)ncnc2n1. The highest BCUT2D eigenvalue weighted by Crippen LogP contribution is 2.23. The van der Waals surface area contributed by atoms with Crippen LogP contribution in [0.1, 0.15) is 5.56 Å². The number of nitrogens with two attached hydrogens (primary N) is 1. The van der Waals surface area contributed by atoms with Gasteiger partial charge in [-0.3, -0.25) is 0 Å². The van der Waals surface area contributed by atoms with Crippen LogP contribution in [0, 0.1) is 0 Å². The average molecular weight is 343 g/mol. The van der Waals surface area contributed by atoms with Crippen LogP contribution in [-0.4, -0.2) is 15.0 Å². The fourth-order valence-corrected chi connectivity index (χ4v) is 2.63. The third-order valence-electron chi connectivity index (χ3n) is 3.86. The van der Waals surface area contributed by atoms with Gasteiger partial charge in [-0.25, -0.2) is 15.0 Å². The summed E-state index contributed by atoms with van der Waals surface area (Å²) in [5.41, 5.74) is 7.36. The number of ether oxygens (including phenoxy) is 1. The maximum atomic E-state index is 5.88. The molecule has 6 heteroatoms. The molecule has 2 heterocycles. The minimum Gasteiger partial charge on any atom is -0.457 e. The van der Waals surface area contributed by atoms with Crippen molar-refractivity contribution in [3.05, 3.63) is 78.6 Å². The molecule has 4 rings (SSSR count). The number of anilines is 2. The topological polar surface area (TPSA) is 86.0 Å². The van der Waals surface area contributed by atoms with E-state index in [1.54, 1.807) is 6.07 Å². The quantitative estimate of drug-likeness (QED) is 0.569. The smallest absolute Gasteiger partial charge is 0.166 e. The molecule has 0 amide bonds. The molecule has 2 aromatic heterocycles. The van der Waals surface area contributed by atoms with E-state index in [2.05, 4.69) is 20.3 Å². The van der Waals surface area contributed by atoms with E-state index in [0.717, 1.165) is 28.3 Å². The number of nitrogens with one attached hydrogen (secondary N) is 1. The molecule has 0 fully saturated rings. The Morgan fingerprint density at radius 1 is 0.885 bits per heavy atom. The van der Waals surface area contributed by atoms with Gasteiger partial charge in [0.05, 0.1) is 5.39 Å². The van der Waals surface area contributed by atoms with Crippen molar-refractivity contribution in [2.24, 2.45) is 0 Å². The number of nitrogen functional groups attached to an aromatic ring is 1. The Hall–Kier alpha value is -3.67. The Kier molecular flexibility index (Phi) is 4.30. The summed E-state index contributed by atoms with van der Waals surface area (Å²) in [5.74, 6) is 2.75. The Balaban J connectivity index is 1.51. The second kappa shape index (κ2) is 7.06. The molecule has 0 bridgehead atoms. The zero-order valence-corrected chi connectivity index (χ0v) is 14.0. The highest BCUT2D eigenvalue weighted by molar-refractivity contribution is 5.87. The maximum Gasteiger partial charge on any atom is 0.166 e. The molecule has 0 saturated carbocycles. The summed E-state index contributed by atoms with van der Waals surface area (Å²) in [4.78, 5) is 12.7. The van der Waals surface area contributed by atoms with E-state index in [1.165, 1.54) is 6.33 Å². The van der Waals surface area contributed by atoms with Crippen LogP contribution in [0.5, 0.6) is 11.5 Å². The van der Waals surface area contributed by atoms with Crippen LogP contribution >= 0.6 is 0 Å². The van der Waals surface area contributed by atoms with Gasteiger partial charge in [0.25, 0.3) is 0 Å². The van der Waals surface area contributed by atoms with Gasteiger partial charge in [-0.15, -0.1) is 0 Å². The van der Waals surface area contributed by atoms with Crippen molar-refractivity contribution in [1.82, 2.24) is 15.0 Å². The van der Waals surface area contributed by atoms with Gasteiger partial charge in [0.1, 0.15) is 29.5 Å². The molecular formula is C20H17N5O. The molecule has 0 unspecified atom stereocenters. The molecule has 0 atom stereocenters. The normalized spacial score (nSPS) is 10.6. The lowest BCUT2D eigenvalue weighted by Crippen LogP contribution is -2.03. The molecule has 6 nitrogen and oxygen atoms in total. The fraction of sp³-hybridized carbons (Fsp3) is 0.0500. The zero-order valence-electron chi connectivity index (χ0n) is 14.0. The number of benzene rings is 2. The van der Waals surface area contributed by atoms with E-state index in [-0.39, 0.29) is 0 Å². The summed E-state index contributed by atoms with van der Waals surface area (Å²) in [6.45, 7) is 0.600. The Labute approximate surface area is 150 Å². The summed E-state index contributed by atoms with van der Waals surface area (Å²) in [6, 6.07) is 21.3. The van der Waals surface area contributed by atoms with Gasteiger partial charge in [0.2, 0.25) is 0 Å². The van der Waals surface area contributed by atoms with Gasteiger partial charge in [0.15, 0.2) is 5.65 Å². The number of aromatic nitrogens is 3. The first-order valence-corrected chi connectivity index (χ1v) is 8.21. The number of hydrogen-bond acceptors (Lipinski definition) is 6. The van der Waals surface area contributed by atoms with Crippen molar-refractivity contribution in [2.45, 2.75) is 6.54 Å². The number of nitrogens with zero attached hydrogens (tertiary/aromatic N) is 3. The number of pyridine rings is 1. The largest absolute Gasteiger partial charge is 0.457 e. The van der Waals surface area contributed by atoms with E-state index >= 15 is 0 Å². The third-order valence-corrected chi connectivity index (χ3v) is 3.86. The lowest BCUT2D eigenvalue weighted by Gasteiger charge is -2.10. The summed E-state index contributed by atoms with van der Waals surface area (Å²) in [5, 5.41) is 4.16. The molecule has 0 aliphatic carbocycles. The zero-order chi connectivity index (χ0) is 17.8. The van der Waals surface area contributed by atoms with E-state index in [9.17, 15) is 0 Å². The van der Waals surface area contributed by atoms with Crippen LogP contribution in [0.15, 0.2) is 73.1 Å². The first-order valence-electron chi connectivity index (χ1n) is 8.21. The minimum atomic E-state index is 0.438. The molecule has 0 aliphatic rings. The van der Waals surface area contributed by atoms with Gasteiger partial charge in [-0.05, 0) is 42.0 Å². The predicted molar refractivity (Wildman–Crippen MR) is 102 cm³/mol. The van der Waals surface area contributed by atoms with E-state index in [1.807, 2.05) is 60.7 Å². The van der Waals surface area contributed by atoms with Gasteiger partial charge in [0, 0.05) is 6.54 Å². The average Bonchev–Trinajstić information content (AvgIpc) is 2.67. The monoisotopic (exact) mass is 343 g/mol. The van der Waals surface area contributed by atoms with Crippen molar-refractivity contribution in [2.75, 3.05) is 11.1 Å². The standard InChI is InChI=1S/C20H17N5O/c21-18-10-9-17-19(23-13-24-20(17)25-18)22-12-14-5-4-8-16(11-14)26-15-6-2-1-3-7-15/h1-11,13H,12H2,(H3,21,22,23,24,25). The second-order valence-electron chi connectivity index (χ2n) is 5.75. The van der Waals surface area contributed by atoms with Crippen LogP contribution in [0.4, 0.5) is 11.6 Å². The van der Waals surface area contributed by atoms with Crippen molar-refractivity contribution >= 4 is 22.7 Å². The van der Waals surface area contributed by atoms with E-state index in [0.29, 0.717) is 18.0 Å². The molecule has 4 aromatic rings. The van der Waals surface area contributed by atoms with E-state index < -0.39 is 0 Å².